The molecular formula is C19H17ClNO3-. The van der Waals surface area contributed by atoms with Crippen LogP contribution in [0.15, 0.2) is 42.5 Å². The van der Waals surface area contributed by atoms with E-state index in [2.05, 4.69) is 0 Å². The molecule has 2 aromatic carbocycles. The number of hydrogen-bond donors (Lipinski definition) is 0. The van der Waals surface area contributed by atoms with Crippen LogP contribution in [-0.2, 0) is 0 Å². The van der Waals surface area contributed by atoms with Crippen LogP contribution in [0.3, 0.4) is 0 Å². The zero-order chi connectivity index (χ0) is 17.1. The van der Waals surface area contributed by atoms with E-state index >= 15 is 0 Å². The second kappa shape index (κ2) is 7.05. The van der Waals surface area contributed by atoms with Crippen molar-refractivity contribution < 1.29 is 14.7 Å². The molecule has 1 saturated heterocycles. The smallest absolute Gasteiger partial charge is 0.253 e. The second-order valence-corrected chi connectivity index (χ2v) is 6.32. The number of aromatic carboxylic acids is 1. The van der Waals surface area contributed by atoms with Crippen molar-refractivity contribution in [3.05, 3.63) is 58.6 Å². The van der Waals surface area contributed by atoms with Crippen molar-refractivity contribution in [1.82, 2.24) is 4.90 Å². The summed E-state index contributed by atoms with van der Waals surface area (Å²) < 4.78 is 0. The van der Waals surface area contributed by atoms with E-state index in [1.165, 1.54) is 12.5 Å². The summed E-state index contributed by atoms with van der Waals surface area (Å²) in [5.41, 5.74) is 2.30. The normalized spacial score (nSPS) is 14.5. The number of halogens is 1. The van der Waals surface area contributed by atoms with Crippen LogP contribution in [0.4, 0.5) is 0 Å². The van der Waals surface area contributed by atoms with Crippen molar-refractivity contribution in [1.29, 1.82) is 0 Å². The van der Waals surface area contributed by atoms with Gasteiger partial charge >= 0.3 is 0 Å². The van der Waals surface area contributed by atoms with E-state index in [1.807, 2.05) is 17.0 Å². The first-order valence-electron chi connectivity index (χ1n) is 7.97. The summed E-state index contributed by atoms with van der Waals surface area (Å²) in [5, 5.41) is 11.0. The molecule has 1 aliphatic rings. The summed E-state index contributed by atoms with van der Waals surface area (Å²) in [6.07, 6.45) is 3.31. The molecule has 5 heteroatoms. The Morgan fingerprint density at radius 3 is 2.12 bits per heavy atom. The van der Waals surface area contributed by atoms with E-state index in [1.54, 1.807) is 24.3 Å². The van der Waals surface area contributed by atoms with Crippen LogP contribution in [0.1, 0.15) is 40.0 Å². The first kappa shape index (κ1) is 16.5. The Labute approximate surface area is 145 Å². The lowest BCUT2D eigenvalue weighted by Crippen LogP contribution is -2.35. The van der Waals surface area contributed by atoms with E-state index in [4.69, 9.17) is 11.6 Å². The maximum atomic E-state index is 12.5. The van der Waals surface area contributed by atoms with Gasteiger partial charge in [-0.05, 0) is 48.6 Å². The van der Waals surface area contributed by atoms with E-state index in [9.17, 15) is 14.7 Å². The maximum Gasteiger partial charge on any atom is 0.253 e. The number of carboxylic acid groups (broad SMARTS) is 1. The van der Waals surface area contributed by atoms with Gasteiger partial charge in [-0.1, -0.05) is 35.9 Å². The molecule has 1 heterocycles. The quantitative estimate of drug-likeness (QED) is 0.861. The molecule has 0 unspecified atom stereocenters. The van der Waals surface area contributed by atoms with Gasteiger partial charge in [-0.15, -0.1) is 0 Å². The van der Waals surface area contributed by atoms with Crippen LogP contribution in [0.5, 0.6) is 0 Å². The molecule has 2 aromatic rings. The molecule has 1 fully saturated rings. The Kier molecular flexibility index (Phi) is 4.86. The molecular weight excluding hydrogens is 326 g/mol. The minimum absolute atomic E-state index is 0.0303. The number of piperidine rings is 1. The monoisotopic (exact) mass is 342 g/mol. The van der Waals surface area contributed by atoms with Crippen LogP contribution in [0.25, 0.3) is 11.1 Å². The Morgan fingerprint density at radius 1 is 0.917 bits per heavy atom. The fourth-order valence-corrected chi connectivity index (χ4v) is 3.20. The van der Waals surface area contributed by atoms with Crippen molar-refractivity contribution in [2.24, 2.45) is 0 Å². The standard InChI is InChI=1S/C19H18ClNO3/c20-17-12-15(8-9-16(17)19(23)24)13-4-6-14(7-5-13)18(22)21-10-2-1-3-11-21/h4-9,12H,1-3,10-11H2,(H,23,24)/p-1. The van der Waals surface area contributed by atoms with Crippen molar-refractivity contribution in [3.8, 4) is 11.1 Å². The summed E-state index contributed by atoms with van der Waals surface area (Å²) in [4.78, 5) is 25.2. The molecule has 124 valence electrons. The van der Waals surface area contributed by atoms with E-state index < -0.39 is 5.97 Å². The molecule has 4 nitrogen and oxygen atoms in total. The highest BCUT2D eigenvalue weighted by molar-refractivity contribution is 6.33. The third kappa shape index (κ3) is 3.44. The average molecular weight is 343 g/mol. The molecule has 24 heavy (non-hydrogen) atoms. The number of rotatable bonds is 3. The SMILES string of the molecule is O=C([O-])c1ccc(-c2ccc(C(=O)N3CCCCC3)cc2)cc1Cl. The fraction of sp³-hybridized carbons (Fsp3) is 0.263. The summed E-state index contributed by atoms with van der Waals surface area (Å²) in [6, 6.07) is 12.0. The molecule has 0 spiro atoms. The molecule has 1 aliphatic heterocycles. The van der Waals surface area contributed by atoms with Crippen LogP contribution in [0.2, 0.25) is 5.02 Å². The molecule has 1 amide bonds. The maximum absolute atomic E-state index is 12.5. The molecule has 0 bridgehead atoms. The zero-order valence-electron chi connectivity index (χ0n) is 13.1. The summed E-state index contributed by atoms with van der Waals surface area (Å²) >= 11 is 5.98. The predicted molar refractivity (Wildman–Crippen MR) is 91.0 cm³/mol. The van der Waals surface area contributed by atoms with Crippen molar-refractivity contribution in [3.63, 3.8) is 0 Å². The lowest BCUT2D eigenvalue weighted by Gasteiger charge is -2.26. The fourth-order valence-electron chi connectivity index (χ4n) is 2.95. The number of carboxylic acids is 1. The van der Waals surface area contributed by atoms with Crippen LogP contribution in [0, 0.1) is 0 Å². The number of likely N-dealkylation sites (tertiary alicyclic amines) is 1. The molecule has 0 atom stereocenters. The highest BCUT2D eigenvalue weighted by Gasteiger charge is 2.18. The first-order valence-corrected chi connectivity index (χ1v) is 8.34. The Balaban J connectivity index is 1.80. The lowest BCUT2D eigenvalue weighted by atomic mass is 10.0. The summed E-state index contributed by atoms with van der Waals surface area (Å²) in [7, 11) is 0. The zero-order valence-corrected chi connectivity index (χ0v) is 13.9. The minimum Gasteiger partial charge on any atom is -0.545 e. The minimum atomic E-state index is -1.30. The highest BCUT2D eigenvalue weighted by Crippen LogP contribution is 2.26. The highest BCUT2D eigenvalue weighted by atomic mass is 35.5. The van der Waals surface area contributed by atoms with Crippen molar-refractivity contribution in [2.75, 3.05) is 13.1 Å². The molecule has 3 rings (SSSR count). The third-order valence-corrected chi connectivity index (χ3v) is 4.61. The van der Waals surface area contributed by atoms with Gasteiger partial charge in [-0.3, -0.25) is 4.79 Å². The molecule has 0 aromatic heterocycles. The Hall–Kier alpha value is -2.33. The molecule has 0 N–H and O–H groups in total. The van der Waals surface area contributed by atoms with Gasteiger partial charge in [0.15, 0.2) is 0 Å². The number of hydrogen-bond acceptors (Lipinski definition) is 3. The predicted octanol–water partition coefficient (Wildman–Crippen LogP) is 3.00. The van der Waals surface area contributed by atoms with E-state index in [0.29, 0.717) is 5.56 Å². The van der Waals surface area contributed by atoms with Crippen LogP contribution in [-0.4, -0.2) is 29.9 Å². The Bertz CT molecular complexity index is 765. The van der Waals surface area contributed by atoms with Gasteiger partial charge in [-0.2, -0.15) is 0 Å². The van der Waals surface area contributed by atoms with Crippen molar-refractivity contribution in [2.45, 2.75) is 19.3 Å². The van der Waals surface area contributed by atoms with Gasteiger partial charge < -0.3 is 14.8 Å². The number of carbonyl (C=O) groups is 2. The molecule has 0 radical (unpaired) electrons. The number of amides is 1. The molecule has 0 aliphatic carbocycles. The lowest BCUT2D eigenvalue weighted by molar-refractivity contribution is -0.255. The van der Waals surface area contributed by atoms with Gasteiger partial charge in [0.05, 0.1) is 11.0 Å². The van der Waals surface area contributed by atoms with E-state index in [0.717, 1.165) is 37.1 Å². The topological polar surface area (TPSA) is 60.4 Å². The van der Waals surface area contributed by atoms with Gasteiger partial charge in [0.1, 0.15) is 0 Å². The van der Waals surface area contributed by atoms with Gasteiger partial charge in [0.2, 0.25) is 0 Å². The summed E-state index contributed by atoms with van der Waals surface area (Å²) in [5.74, 6) is -1.24. The van der Waals surface area contributed by atoms with Gasteiger partial charge in [0.25, 0.3) is 5.91 Å². The van der Waals surface area contributed by atoms with Crippen molar-refractivity contribution >= 4 is 23.5 Å². The summed E-state index contributed by atoms with van der Waals surface area (Å²) in [6.45, 7) is 1.64. The van der Waals surface area contributed by atoms with E-state index in [-0.39, 0.29) is 16.5 Å². The number of benzene rings is 2. The third-order valence-electron chi connectivity index (χ3n) is 4.30. The largest absolute Gasteiger partial charge is 0.545 e. The Morgan fingerprint density at radius 2 is 1.54 bits per heavy atom. The number of carbonyl (C=O) groups excluding carboxylic acids is 2. The first-order chi connectivity index (χ1) is 11.6. The van der Waals surface area contributed by atoms with Gasteiger partial charge in [-0.25, -0.2) is 0 Å². The second-order valence-electron chi connectivity index (χ2n) is 5.91. The molecule has 0 saturated carbocycles. The van der Waals surface area contributed by atoms with Crippen LogP contribution < -0.4 is 5.11 Å². The average Bonchev–Trinajstić information content (AvgIpc) is 2.61. The number of nitrogens with zero attached hydrogens (tertiary/aromatic N) is 1. The van der Waals surface area contributed by atoms with Crippen LogP contribution >= 0.6 is 11.6 Å². The van der Waals surface area contributed by atoms with Gasteiger partial charge in [0, 0.05) is 24.2 Å².